The van der Waals surface area contributed by atoms with Crippen LogP contribution in [-0.2, 0) is 0 Å². The summed E-state index contributed by atoms with van der Waals surface area (Å²) < 4.78 is 5.12. The molecule has 0 spiro atoms. The third-order valence-corrected chi connectivity index (χ3v) is 2.63. The predicted octanol–water partition coefficient (Wildman–Crippen LogP) is 1.76. The molecule has 0 aliphatic heterocycles. The number of nitrogens with two attached hydrogens (primary N) is 1. The molecule has 3 aromatic rings. The Labute approximate surface area is 106 Å². The van der Waals surface area contributed by atoms with E-state index in [1.54, 1.807) is 18.2 Å². The van der Waals surface area contributed by atoms with Crippen molar-refractivity contribution in [3.63, 3.8) is 0 Å². The fourth-order valence-corrected chi connectivity index (χ4v) is 1.76. The number of halogens is 1. The standard InChI is InChI=1S/C10H7ClN6O/c11-5-2-1-3-6(12)7(5)10-15-9(17-18-10)8-13-4-14-16-8/h1-4H,12H2,(H,13,14,16). The van der Waals surface area contributed by atoms with Crippen molar-refractivity contribution in [3.05, 3.63) is 29.5 Å². The molecule has 2 heterocycles. The zero-order valence-corrected chi connectivity index (χ0v) is 9.72. The number of anilines is 1. The van der Waals surface area contributed by atoms with E-state index in [0.29, 0.717) is 27.9 Å². The van der Waals surface area contributed by atoms with E-state index in [1.165, 1.54) is 6.33 Å². The van der Waals surface area contributed by atoms with Gasteiger partial charge in [0.25, 0.3) is 5.89 Å². The Morgan fingerprint density at radius 3 is 2.94 bits per heavy atom. The van der Waals surface area contributed by atoms with Gasteiger partial charge in [-0.2, -0.15) is 10.1 Å². The predicted molar refractivity (Wildman–Crippen MR) is 64.5 cm³/mol. The monoisotopic (exact) mass is 262 g/mol. The summed E-state index contributed by atoms with van der Waals surface area (Å²) in [6.45, 7) is 0. The van der Waals surface area contributed by atoms with E-state index >= 15 is 0 Å². The molecular formula is C10H7ClN6O. The first-order valence-corrected chi connectivity index (χ1v) is 5.37. The van der Waals surface area contributed by atoms with E-state index in [2.05, 4.69) is 25.3 Å². The number of hydrogen-bond donors (Lipinski definition) is 2. The molecule has 0 saturated heterocycles. The molecule has 0 atom stereocenters. The molecule has 0 unspecified atom stereocenters. The van der Waals surface area contributed by atoms with Crippen LogP contribution >= 0.6 is 11.6 Å². The Balaban J connectivity index is 2.09. The van der Waals surface area contributed by atoms with E-state index in [1.807, 2.05) is 0 Å². The quantitative estimate of drug-likeness (QED) is 0.682. The average molecular weight is 263 g/mol. The Bertz CT molecular complexity index is 657. The zero-order chi connectivity index (χ0) is 12.5. The van der Waals surface area contributed by atoms with Gasteiger partial charge in [0.05, 0.1) is 10.6 Å². The second-order valence-electron chi connectivity index (χ2n) is 3.46. The molecule has 18 heavy (non-hydrogen) atoms. The van der Waals surface area contributed by atoms with Crippen LogP contribution in [0.3, 0.4) is 0 Å². The largest absolute Gasteiger partial charge is 0.398 e. The molecule has 2 aromatic heterocycles. The van der Waals surface area contributed by atoms with Crippen molar-refractivity contribution in [2.75, 3.05) is 5.73 Å². The molecule has 0 fully saturated rings. The van der Waals surface area contributed by atoms with Gasteiger partial charge >= 0.3 is 0 Å². The second kappa shape index (κ2) is 4.11. The van der Waals surface area contributed by atoms with Gasteiger partial charge in [0.15, 0.2) is 5.82 Å². The van der Waals surface area contributed by atoms with Crippen molar-refractivity contribution in [3.8, 4) is 23.1 Å². The van der Waals surface area contributed by atoms with Crippen LogP contribution < -0.4 is 5.73 Å². The average Bonchev–Trinajstić information content (AvgIpc) is 2.99. The van der Waals surface area contributed by atoms with E-state index in [9.17, 15) is 0 Å². The molecule has 7 nitrogen and oxygen atoms in total. The van der Waals surface area contributed by atoms with E-state index in [-0.39, 0.29) is 5.89 Å². The Kier molecular flexibility index (Phi) is 2.45. The van der Waals surface area contributed by atoms with Crippen LogP contribution in [-0.4, -0.2) is 25.3 Å². The summed E-state index contributed by atoms with van der Waals surface area (Å²) >= 11 is 6.05. The first-order chi connectivity index (χ1) is 8.75. The van der Waals surface area contributed by atoms with Crippen LogP contribution in [0.5, 0.6) is 0 Å². The fraction of sp³-hybridized carbons (Fsp3) is 0. The van der Waals surface area contributed by atoms with Gasteiger partial charge < -0.3 is 10.3 Å². The molecule has 0 bridgehead atoms. The van der Waals surface area contributed by atoms with Crippen molar-refractivity contribution in [1.29, 1.82) is 0 Å². The number of H-pyrrole nitrogens is 1. The summed E-state index contributed by atoms with van der Waals surface area (Å²) in [5, 5.41) is 10.6. The molecular weight excluding hydrogens is 256 g/mol. The first-order valence-electron chi connectivity index (χ1n) is 4.99. The van der Waals surface area contributed by atoms with Crippen molar-refractivity contribution in [2.24, 2.45) is 0 Å². The lowest BCUT2D eigenvalue weighted by atomic mass is 10.2. The molecule has 0 saturated carbocycles. The minimum absolute atomic E-state index is 0.240. The topological polar surface area (TPSA) is 107 Å². The molecule has 3 N–H and O–H groups in total. The summed E-state index contributed by atoms with van der Waals surface area (Å²) in [4.78, 5) is 8.09. The van der Waals surface area contributed by atoms with Crippen LogP contribution in [0, 0.1) is 0 Å². The second-order valence-corrected chi connectivity index (χ2v) is 3.87. The van der Waals surface area contributed by atoms with Crippen molar-refractivity contribution >= 4 is 17.3 Å². The zero-order valence-electron chi connectivity index (χ0n) is 8.96. The molecule has 0 amide bonds. The van der Waals surface area contributed by atoms with E-state index in [0.717, 1.165) is 0 Å². The lowest BCUT2D eigenvalue weighted by Gasteiger charge is -2.01. The smallest absolute Gasteiger partial charge is 0.261 e. The maximum absolute atomic E-state index is 6.05. The van der Waals surface area contributed by atoms with Crippen LogP contribution in [0.15, 0.2) is 29.0 Å². The number of aromatic nitrogens is 5. The van der Waals surface area contributed by atoms with Gasteiger partial charge in [-0.3, -0.25) is 5.10 Å². The molecule has 0 aliphatic rings. The van der Waals surface area contributed by atoms with Crippen LogP contribution in [0.25, 0.3) is 23.1 Å². The number of benzene rings is 1. The number of nitrogens with one attached hydrogen (secondary N) is 1. The number of hydrogen-bond acceptors (Lipinski definition) is 6. The number of rotatable bonds is 2. The molecule has 8 heteroatoms. The van der Waals surface area contributed by atoms with Crippen LogP contribution in [0.2, 0.25) is 5.02 Å². The van der Waals surface area contributed by atoms with Crippen molar-refractivity contribution < 1.29 is 4.52 Å². The maximum Gasteiger partial charge on any atom is 0.261 e. The van der Waals surface area contributed by atoms with Gasteiger partial charge in [-0.1, -0.05) is 22.8 Å². The third kappa shape index (κ3) is 1.70. The van der Waals surface area contributed by atoms with Gasteiger partial charge in [-0.15, -0.1) is 0 Å². The summed E-state index contributed by atoms with van der Waals surface area (Å²) in [7, 11) is 0. The Hall–Kier alpha value is -2.41. The minimum Gasteiger partial charge on any atom is -0.398 e. The molecule has 0 radical (unpaired) electrons. The van der Waals surface area contributed by atoms with Crippen molar-refractivity contribution in [2.45, 2.75) is 0 Å². The lowest BCUT2D eigenvalue weighted by molar-refractivity contribution is 0.432. The highest BCUT2D eigenvalue weighted by atomic mass is 35.5. The summed E-state index contributed by atoms with van der Waals surface area (Å²) in [6, 6.07) is 5.15. The van der Waals surface area contributed by atoms with Gasteiger partial charge in [-0.05, 0) is 12.1 Å². The molecule has 90 valence electrons. The first kappa shape index (κ1) is 10.7. The normalized spacial score (nSPS) is 10.7. The van der Waals surface area contributed by atoms with Gasteiger partial charge in [-0.25, -0.2) is 4.98 Å². The number of nitrogen functional groups attached to an aromatic ring is 1. The number of nitrogens with zero attached hydrogens (tertiary/aromatic N) is 4. The maximum atomic E-state index is 6.05. The molecule has 1 aromatic carbocycles. The SMILES string of the molecule is Nc1cccc(Cl)c1-c1nc(-c2ncn[nH]2)no1. The van der Waals surface area contributed by atoms with Crippen LogP contribution in [0.4, 0.5) is 5.69 Å². The molecule has 0 aliphatic carbocycles. The summed E-state index contributed by atoms with van der Waals surface area (Å²) in [5.41, 5.74) is 6.81. The lowest BCUT2D eigenvalue weighted by Crippen LogP contribution is -1.91. The highest BCUT2D eigenvalue weighted by molar-refractivity contribution is 6.33. The summed E-state index contributed by atoms with van der Waals surface area (Å²) in [5.74, 6) is 0.946. The Morgan fingerprint density at radius 1 is 1.33 bits per heavy atom. The van der Waals surface area contributed by atoms with E-state index < -0.39 is 0 Å². The van der Waals surface area contributed by atoms with Gasteiger partial charge in [0, 0.05) is 5.69 Å². The highest BCUT2D eigenvalue weighted by Gasteiger charge is 2.17. The third-order valence-electron chi connectivity index (χ3n) is 2.31. The van der Waals surface area contributed by atoms with Crippen LogP contribution in [0.1, 0.15) is 0 Å². The fourth-order valence-electron chi connectivity index (χ4n) is 1.50. The highest BCUT2D eigenvalue weighted by Crippen LogP contribution is 2.32. The Morgan fingerprint density at radius 2 is 2.22 bits per heavy atom. The van der Waals surface area contributed by atoms with Gasteiger partial charge in [0.2, 0.25) is 5.82 Å². The van der Waals surface area contributed by atoms with Gasteiger partial charge in [0.1, 0.15) is 6.33 Å². The number of aromatic amines is 1. The molecule has 3 rings (SSSR count). The van der Waals surface area contributed by atoms with E-state index in [4.69, 9.17) is 21.9 Å². The summed E-state index contributed by atoms with van der Waals surface area (Å²) in [6.07, 6.45) is 1.36. The van der Waals surface area contributed by atoms with Crippen molar-refractivity contribution in [1.82, 2.24) is 25.3 Å². The minimum atomic E-state index is 0.240.